The van der Waals surface area contributed by atoms with Crippen LogP contribution in [0.25, 0.3) is 0 Å². The first-order chi connectivity index (χ1) is 8.97. The Bertz CT molecular complexity index is 435. The zero-order valence-corrected chi connectivity index (χ0v) is 12.1. The second-order valence-electron chi connectivity index (χ2n) is 5.74. The van der Waals surface area contributed by atoms with Crippen molar-refractivity contribution < 1.29 is 4.39 Å². The molecule has 0 aromatic heterocycles. The summed E-state index contributed by atoms with van der Waals surface area (Å²) in [4.78, 5) is 4.72. The van der Waals surface area contributed by atoms with Crippen LogP contribution in [0.2, 0.25) is 0 Å². The van der Waals surface area contributed by atoms with Crippen LogP contribution in [0.4, 0.5) is 4.39 Å². The molecule has 0 saturated carbocycles. The Morgan fingerprint density at radius 1 is 1.37 bits per heavy atom. The van der Waals surface area contributed by atoms with Crippen LogP contribution in [0.1, 0.15) is 23.6 Å². The Morgan fingerprint density at radius 2 is 2.11 bits per heavy atom. The first-order valence-corrected chi connectivity index (χ1v) is 6.88. The van der Waals surface area contributed by atoms with Gasteiger partial charge in [-0.25, -0.2) is 4.39 Å². The lowest BCUT2D eigenvalue weighted by Crippen LogP contribution is -2.50. The van der Waals surface area contributed by atoms with Crippen molar-refractivity contribution in [2.75, 3.05) is 33.7 Å². The maximum Gasteiger partial charge on any atom is 0.123 e. The van der Waals surface area contributed by atoms with E-state index in [0.717, 1.165) is 37.2 Å². The van der Waals surface area contributed by atoms with Gasteiger partial charge in [0.15, 0.2) is 0 Å². The number of piperazine rings is 1. The summed E-state index contributed by atoms with van der Waals surface area (Å²) in [6.07, 6.45) is 0.910. The van der Waals surface area contributed by atoms with E-state index in [4.69, 9.17) is 5.73 Å². The molecule has 2 rings (SSSR count). The molecule has 2 N–H and O–H groups in total. The number of hydrogen-bond acceptors (Lipinski definition) is 3. The predicted octanol–water partition coefficient (Wildman–Crippen LogP) is 1.77. The molecule has 4 heteroatoms. The number of nitrogens with two attached hydrogens (primary N) is 1. The molecule has 0 amide bonds. The van der Waals surface area contributed by atoms with Crippen LogP contribution >= 0.6 is 0 Å². The molecule has 2 unspecified atom stereocenters. The number of rotatable bonds is 3. The highest BCUT2D eigenvalue weighted by Gasteiger charge is 2.25. The van der Waals surface area contributed by atoms with Crippen molar-refractivity contribution >= 4 is 0 Å². The van der Waals surface area contributed by atoms with E-state index >= 15 is 0 Å². The highest BCUT2D eigenvalue weighted by molar-refractivity contribution is 5.29. The Morgan fingerprint density at radius 3 is 2.79 bits per heavy atom. The minimum atomic E-state index is -0.192. The van der Waals surface area contributed by atoms with Crippen LogP contribution < -0.4 is 5.73 Å². The van der Waals surface area contributed by atoms with E-state index in [-0.39, 0.29) is 11.9 Å². The molecule has 1 saturated heterocycles. The van der Waals surface area contributed by atoms with Crippen LogP contribution in [0.5, 0.6) is 0 Å². The van der Waals surface area contributed by atoms with Gasteiger partial charge in [-0.15, -0.1) is 0 Å². The van der Waals surface area contributed by atoms with Gasteiger partial charge in [0.25, 0.3) is 0 Å². The summed E-state index contributed by atoms with van der Waals surface area (Å²) in [5.74, 6) is -0.192. The lowest BCUT2D eigenvalue weighted by atomic mass is 9.95. The molecule has 3 nitrogen and oxygen atoms in total. The van der Waals surface area contributed by atoms with E-state index in [9.17, 15) is 4.39 Å². The number of likely N-dealkylation sites (N-methyl/N-ethyl adjacent to an activating group) is 2. The molecule has 1 aromatic carbocycles. The highest BCUT2D eigenvalue weighted by atomic mass is 19.1. The number of hydrogen-bond donors (Lipinski definition) is 1. The van der Waals surface area contributed by atoms with Gasteiger partial charge in [0.2, 0.25) is 0 Å². The summed E-state index contributed by atoms with van der Waals surface area (Å²) >= 11 is 0. The smallest absolute Gasteiger partial charge is 0.123 e. The van der Waals surface area contributed by atoms with E-state index < -0.39 is 0 Å². The number of aryl methyl sites for hydroxylation is 1. The van der Waals surface area contributed by atoms with Gasteiger partial charge in [-0.1, -0.05) is 6.07 Å². The minimum Gasteiger partial charge on any atom is -0.324 e. The first kappa shape index (κ1) is 14.4. The lowest BCUT2D eigenvalue weighted by molar-refractivity contribution is 0.104. The highest BCUT2D eigenvalue weighted by Crippen LogP contribution is 2.23. The van der Waals surface area contributed by atoms with Crippen molar-refractivity contribution in [2.45, 2.75) is 25.4 Å². The first-order valence-electron chi connectivity index (χ1n) is 6.88. The fraction of sp³-hybridized carbons (Fsp3) is 0.600. The third-order valence-corrected chi connectivity index (χ3v) is 4.14. The Hall–Kier alpha value is -0.970. The summed E-state index contributed by atoms with van der Waals surface area (Å²) < 4.78 is 13.1. The average Bonchev–Trinajstić information content (AvgIpc) is 2.33. The van der Waals surface area contributed by atoms with Crippen LogP contribution in [-0.4, -0.2) is 49.6 Å². The maximum atomic E-state index is 13.1. The molecular weight excluding hydrogens is 241 g/mol. The van der Waals surface area contributed by atoms with E-state index in [1.165, 1.54) is 6.07 Å². The molecule has 0 spiro atoms. The van der Waals surface area contributed by atoms with Gasteiger partial charge in [-0.05, 0) is 50.7 Å². The molecule has 106 valence electrons. The number of halogens is 1. The van der Waals surface area contributed by atoms with E-state index in [1.54, 1.807) is 6.07 Å². The molecular formula is C15H24FN3. The third kappa shape index (κ3) is 3.53. The fourth-order valence-corrected chi connectivity index (χ4v) is 2.83. The van der Waals surface area contributed by atoms with Gasteiger partial charge in [0.1, 0.15) is 5.82 Å². The molecule has 0 aliphatic carbocycles. The van der Waals surface area contributed by atoms with E-state index in [2.05, 4.69) is 23.9 Å². The van der Waals surface area contributed by atoms with Crippen LogP contribution in [0, 0.1) is 12.7 Å². The summed E-state index contributed by atoms with van der Waals surface area (Å²) in [6.45, 7) is 5.16. The van der Waals surface area contributed by atoms with Crippen LogP contribution in [0.15, 0.2) is 18.2 Å². The molecule has 19 heavy (non-hydrogen) atoms. The minimum absolute atomic E-state index is 0.0282. The van der Waals surface area contributed by atoms with Gasteiger partial charge in [-0.3, -0.25) is 0 Å². The standard InChI is InChI=1S/C15H24FN3/c1-11-8-12(16)4-5-14(11)15(17)9-13-10-18(2)6-7-19(13)3/h4-5,8,13,15H,6-7,9-10,17H2,1-3H3. The summed E-state index contributed by atoms with van der Waals surface area (Å²) in [5, 5.41) is 0. The molecule has 1 fully saturated rings. The molecule has 0 radical (unpaired) electrons. The van der Waals surface area contributed by atoms with Gasteiger partial charge in [-0.2, -0.15) is 0 Å². The van der Waals surface area contributed by atoms with Crippen molar-refractivity contribution in [3.05, 3.63) is 35.1 Å². The molecule has 1 heterocycles. The van der Waals surface area contributed by atoms with E-state index in [1.807, 2.05) is 13.0 Å². The van der Waals surface area contributed by atoms with Gasteiger partial charge >= 0.3 is 0 Å². The SMILES string of the molecule is Cc1cc(F)ccc1C(N)CC1CN(C)CCN1C. The lowest BCUT2D eigenvalue weighted by Gasteiger charge is -2.39. The average molecular weight is 265 g/mol. The quantitative estimate of drug-likeness (QED) is 0.904. The van der Waals surface area contributed by atoms with Crippen molar-refractivity contribution in [1.29, 1.82) is 0 Å². The Kier molecular flexibility index (Phi) is 4.55. The monoisotopic (exact) mass is 265 g/mol. The van der Waals surface area contributed by atoms with Crippen molar-refractivity contribution in [3.63, 3.8) is 0 Å². The van der Waals surface area contributed by atoms with Gasteiger partial charge in [0.05, 0.1) is 0 Å². The zero-order valence-electron chi connectivity index (χ0n) is 12.1. The van der Waals surface area contributed by atoms with Crippen molar-refractivity contribution in [3.8, 4) is 0 Å². The molecule has 2 atom stereocenters. The second-order valence-corrected chi connectivity index (χ2v) is 5.74. The normalized spacial score (nSPS) is 23.5. The summed E-state index contributed by atoms with van der Waals surface area (Å²) in [7, 11) is 4.30. The van der Waals surface area contributed by atoms with Crippen LogP contribution in [0.3, 0.4) is 0 Å². The molecule has 1 aromatic rings. The van der Waals surface area contributed by atoms with Crippen LogP contribution in [-0.2, 0) is 0 Å². The fourth-order valence-electron chi connectivity index (χ4n) is 2.83. The largest absolute Gasteiger partial charge is 0.324 e. The van der Waals surface area contributed by atoms with Crippen molar-refractivity contribution in [1.82, 2.24) is 9.80 Å². The summed E-state index contributed by atoms with van der Waals surface area (Å²) in [5.41, 5.74) is 8.32. The zero-order chi connectivity index (χ0) is 14.0. The Balaban J connectivity index is 2.05. The van der Waals surface area contributed by atoms with E-state index in [0.29, 0.717) is 6.04 Å². The van der Waals surface area contributed by atoms with Crippen molar-refractivity contribution in [2.24, 2.45) is 5.73 Å². The topological polar surface area (TPSA) is 32.5 Å². The number of nitrogens with zero attached hydrogens (tertiary/aromatic N) is 2. The Labute approximate surface area is 115 Å². The molecule has 1 aliphatic rings. The maximum absolute atomic E-state index is 13.1. The summed E-state index contributed by atoms with van der Waals surface area (Å²) in [6, 6.07) is 5.32. The van der Waals surface area contributed by atoms with Gasteiger partial charge in [0, 0.05) is 31.7 Å². The van der Waals surface area contributed by atoms with Gasteiger partial charge < -0.3 is 15.5 Å². The number of benzene rings is 1. The molecule has 1 aliphatic heterocycles. The predicted molar refractivity (Wildman–Crippen MR) is 76.6 cm³/mol. The third-order valence-electron chi connectivity index (χ3n) is 4.14. The second kappa shape index (κ2) is 5.99. The molecule has 0 bridgehead atoms.